The topological polar surface area (TPSA) is 76.9 Å². The lowest BCUT2D eigenvalue weighted by molar-refractivity contribution is 0.251. The van der Waals surface area contributed by atoms with E-state index in [1.54, 1.807) is 6.07 Å². The van der Waals surface area contributed by atoms with E-state index in [1.165, 1.54) is 24.3 Å². The van der Waals surface area contributed by atoms with E-state index in [2.05, 4.69) is 34.2 Å². The Balaban J connectivity index is 1.66. The molecule has 0 spiro atoms. The van der Waals surface area contributed by atoms with Gasteiger partial charge in [0.05, 0.1) is 11.6 Å². The summed E-state index contributed by atoms with van der Waals surface area (Å²) in [6.07, 6.45) is 0.858. The number of nitrogens with one attached hydrogen (secondary N) is 3. The summed E-state index contributed by atoms with van der Waals surface area (Å²) >= 11 is 0. The highest BCUT2D eigenvalue weighted by Gasteiger charge is 2.13. The third-order valence-electron chi connectivity index (χ3n) is 5.06. The summed E-state index contributed by atoms with van der Waals surface area (Å²) in [5.41, 5.74) is 4.32. The minimum absolute atomic E-state index is 0.130. The van der Waals surface area contributed by atoms with Crippen LogP contribution in [-0.2, 0) is 0 Å². The number of hydrogen-bond acceptors (Lipinski definition) is 3. The molecule has 0 radical (unpaired) electrons. The van der Waals surface area contributed by atoms with Crippen molar-refractivity contribution in [3.63, 3.8) is 0 Å². The number of carbonyl (C=O) groups excluding carboxylic acids is 1. The molecule has 0 heterocycles. The van der Waals surface area contributed by atoms with Crippen LogP contribution in [0, 0.1) is 17.1 Å². The molecular formula is C25H25FN4O. The zero-order valence-electron chi connectivity index (χ0n) is 17.4. The first-order valence-corrected chi connectivity index (χ1v) is 10.1. The van der Waals surface area contributed by atoms with Crippen LogP contribution in [0.2, 0.25) is 0 Å². The van der Waals surface area contributed by atoms with E-state index < -0.39 is 0 Å². The lowest BCUT2D eigenvalue weighted by Gasteiger charge is -2.19. The first-order chi connectivity index (χ1) is 15.1. The Bertz CT molecular complexity index is 1040. The number of nitrogens with zero attached hydrogens (tertiary/aromatic N) is 1. The monoisotopic (exact) mass is 416 g/mol. The summed E-state index contributed by atoms with van der Waals surface area (Å²) in [5.74, 6) is -0.216. The van der Waals surface area contributed by atoms with Crippen molar-refractivity contribution in [2.45, 2.75) is 12.3 Å². The van der Waals surface area contributed by atoms with Crippen LogP contribution in [0.1, 0.15) is 23.5 Å². The Kier molecular flexibility index (Phi) is 7.74. The average molecular weight is 417 g/mol. The van der Waals surface area contributed by atoms with Gasteiger partial charge < -0.3 is 16.0 Å². The van der Waals surface area contributed by atoms with E-state index in [9.17, 15) is 9.18 Å². The fraction of sp³-hybridized carbons (Fsp3) is 0.200. The van der Waals surface area contributed by atoms with E-state index in [0.717, 1.165) is 29.7 Å². The molecule has 0 bridgehead atoms. The first-order valence-electron chi connectivity index (χ1n) is 10.1. The first kappa shape index (κ1) is 22.0. The molecule has 3 N–H and O–H groups in total. The number of carbonyl (C=O) groups is 1. The summed E-state index contributed by atoms with van der Waals surface area (Å²) in [6.45, 7) is 1.29. The Morgan fingerprint density at radius 3 is 2.45 bits per heavy atom. The van der Waals surface area contributed by atoms with Gasteiger partial charge in [-0.2, -0.15) is 5.26 Å². The number of benzene rings is 3. The second kappa shape index (κ2) is 10.9. The van der Waals surface area contributed by atoms with Gasteiger partial charge in [-0.25, -0.2) is 9.18 Å². The summed E-state index contributed by atoms with van der Waals surface area (Å²) in [7, 11) is 1.90. The Hall–Kier alpha value is -3.69. The molecule has 6 heteroatoms. The summed E-state index contributed by atoms with van der Waals surface area (Å²) in [5, 5.41) is 17.9. The molecule has 0 saturated carbocycles. The van der Waals surface area contributed by atoms with Gasteiger partial charge in [-0.05, 0) is 73.1 Å². The van der Waals surface area contributed by atoms with Crippen LogP contribution >= 0.6 is 0 Å². The van der Waals surface area contributed by atoms with Gasteiger partial charge in [-0.15, -0.1) is 0 Å². The van der Waals surface area contributed by atoms with Crippen LogP contribution in [0.4, 0.5) is 14.9 Å². The predicted octanol–water partition coefficient (Wildman–Crippen LogP) is 4.88. The van der Waals surface area contributed by atoms with Crippen LogP contribution in [0.25, 0.3) is 11.1 Å². The standard InChI is InChI=1S/C25H25FN4O/c1-28-14-13-22(17-29-25(31)30-24-11-9-23(26)10-12-24)20-7-5-19(6-8-20)21-4-2-3-18(15-21)16-27/h2-12,15,22,28H,13-14,17H2,1H3,(H2,29,30,31). The van der Waals surface area contributed by atoms with E-state index in [0.29, 0.717) is 17.8 Å². The van der Waals surface area contributed by atoms with Gasteiger partial charge in [-0.3, -0.25) is 0 Å². The van der Waals surface area contributed by atoms with E-state index >= 15 is 0 Å². The van der Waals surface area contributed by atoms with E-state index in [4.69, 9.17) is 5.26 Å². The van der Waals surface area contributed by atoms with Crippen LogP contribution in [0.15, 0.2) is 72.8 Å². The van der Waals surface area contributed by atoms with Gasteiger partial charge in [0.15, 0.2) is 0 Å². The molecule has 0 aliphatic rings. The van der Waals surface area contributed by atoms with Gasteiger partial charge in [-0.1, -0.05) is 36.4 Å². The second-order valence-electron chi connectivity index (χ2n) is 7.25. The number of rotatable bonds is 8. The molecule has 1 atom stereocenters. The van der Waals surface area contributed by atoms with Crippen LogP contribution in [-0.4, -0.2) is 26.2 Å². The minimum atomic E-state index is -0.346. The van der Waals surface area contributed by atoms with Gasteiger partial charge in [0.2, 0.25) is 0 Å². The number of nitriles is 1. The van der Waals surface area contributed by atoms with Crippen molar-refractivity contribution in [2.24, 2.45) is 0 Å². The molecule has 0 aliphatic heterocycles. The SMILES string of the molecule is CNCCC(CNC(=O)Nc1ccc(F)cc1)c1ccc(-c2cccc(C#N)c2)cc1. The van der Waals surface area contributed by atoms with Crippen molar-refractivity contribution in [1.82, 2.24) is 10.6 Å². The maximum atomic E-state index is 13.0. The third-order valence-corrected chi connectivity index (χ3v) is 5.06. The maximum Gasteiger partial charge on any atom is 0.319 e. The highest BCUT2D eigenvalue weighted by molar-refractivity contribution is 5.89. The fourth-order valence-corrected chi connectivity index (χ4v) is 3.35. The number of urea groups is 1. The van der Waals surface area contributed by atoms with Crippen molar-refractivity contribution in [1.29, 1.82) is 5.26 Å². The number of hydrogen-bond donors (Lipinski definition) is 3. The van der Waals surface area contributed by atoms with Crippen molar-refractivity contribution in [3.05, 3.63) is 89.7 Å². The molecule has 0 saturated heterocycles. The molecule has 158 valence electrons. The van der Waals surface area contributed by atoms with Gasteiger partial charge in [0.25, 0.3) is 0 Å². The smallest absolute Gasteiger partial charge is 0.319 e. The third kappa shape index (κ3) is 6.39. The molecule has 3 aromatic carbocycles. The number of amides is 2. The summed E-state index contributed by atoms with van der Waals surface area (Å²) in [4.78, 5) is 12.2. The van der Waals surface area contributed by atoms with Gasteiger partial charge >= 0.3 is 6.03 Å². The van der Waals surface area contributed by atoms with E-state index in [1.807, 2.05) is 37.4 Å². The van der Waals surface area contributed by atoms with Crippen LogP contribution in [0.3, 0.4) is 0 Å². The zero-order valence-corrected chi connectivity index (χ0v) is 17.4. The Morgan fingerprint density at radius 2 is 1.77 bits per heavy atom. The van der Waals surface area contributed by atoms with Crippen molar-refractivity contribution >= 4 is 11.7 Å². The molecule has 5 nitrogen and oxygen atoms in total. The molecule has 3 rings (SSSR count). The van der Waals surface area contributed by atoms with Gasteiger partial charge in [0, 0.05) is 18.2 Å². The van der Waals surface area contributed by atoms with Crippen molar-refractivity contribution in [3.8, 4) is 17.2 Å². The zero-order chi connectivity index (χ0) is 22.1. The lowest BCUT2D eigenvalue weighted by atomic mass is 9.93. The van der Waals surface area contributed by atoms with E-state index in [-0.39, 0.29) is 17.8 Å². The second-order valence-corrected chi connectivity index (χ2v) is 7.25. The molecule has 2 amide bonds. The minimum Gasteiger partial charge on any atom is -0.337 e. The highest BCUT2D eigenvalue weighted by Crippen LogP contribution is 2.25. The molecule has 1 unspecified atom stereocenters. The Morgan fingerprint density at radius 1 is 1.03 bits per heavy atom. The van der Waals surface area contributed by atoms with Crippen molar-refractivity contribution in [2.75, 3.05) is 25.5 Å². The highest BCUT2D eigenvalue weighted by atomic mass is 19.1. The molecule has 0 fully saturated rings. The normalized spacial score (nSPS) is 11.4. The van der Waals surface area contributed by atoms with Crippen LogP contribution < -0.4 is 16.0 Å². The molecule has 31 heavy (non-hydrogen) atoms. The molecule has 0 aromatic heterocycles. The molecule has 0 aliphatic carbocycles. The Labute approximate surface area is 181 Å². The van der Waals surface area contributed by atoms with Crippen LogP contribution in [0.5, 0.6) is 0 Å². The van der Waals surface area contributed by atoms with Crippen molar-refractivity contribution < 1.29 is 9.18 Å². The lowest BCUT2D eigenvalue weighted by Crippen LogP contribution is -2.33. The molecular weight excluding hydrogens is 391 g/mol. The van der Waals surface area contributed by atoms with Gasteiger partial charge in [0.1, 0.15) is 5.82 Å². The summed E-state index contributed by atoms with van der Waals surface area (Å²) in [6, 6.07) is 23.2. The quantitative estimate of drug-likeness (QED) is 0.490. The number of halogens is 1. The number of anilines is 1. The summed E-state index contributed by atoms with van der Waals surface area (Å²) < 4.78 is 13.0. The maximum absolute atomic E-state index is 13.0. The average Bonchev–Trinajstić information content (AvgIpc) is 2.81. The fourth-order valence-electron chi connectivity index (χ4n) is 3.35. The predicted molar refractivity (Wildman–Crippen MR) is 121 cm³/mol. The molecule has 3 aromatic rings. The largest absolute Gasteiger partial charge is 0.337 e.